The number of hydrazine groups is 1. The van der Waals surface area contributed by atoms with Crippen LogP contribution in [-0.2, 0) is 16.1 Å². The summed E-state index contributed by atoms with van der Waals surface area (Å²) in [4.78, 5) is 39.8. The number of amides is 3. The summed E-state index contributed by atoms with van der Waals surface area (Å²) in [7, 11) is 0. The topological polar surface area (TPSA) is 57.7 Å². The Morgan fingerprint density at radius 2 is 1.50 bits per heavy atom. The lowest BCUT2D eigenvalue weighted by atomic mass is 9.76. The fraction of sp³-hybridized carbons (Fsp3) is 0.348. The lowest BCUT2D eigenvalue weighted by Gasteiger charge is -2.30. The van der Waals surface area contributed by atoms with Gasteiger partial charge in [-0.1, -0.05) is 42.3 Å². The summed E-state index contributed by atoms with van der Waals surface area (Å²) in [6, 6.07) is 13.4. The Bertz CT molecular complexity index is 975. The van der Waals surface area contributed by atoms with Crippen LogP contribution in [0.3, 0.4) is 0 Å². The van der Waals surface area contributed by atoms with Crippen molar-refractivity contribution in [3.8, 4) is 0 Å². The van der Waals surface area contributed by atoms with Crippen LogP contribution in [0.2, 0.25) is 10.0 Å². The molecule has 4 rings (SSSR count). The van der Waals surface area contributed by atoms with Crippen molar-refractivity contribution in [1.29, 1.82) is 0 Å². The zero-order valence-corrected chi connectivity index (χ0v) is 18.1. The number of hydrogen-bond acceptors (Lipinski definition) is 3. The quantitative estimate of drug-likeness (QED) is 0.625. The van der Waals surface area contributed by atoms with E-state index in [0.29, 0.717) is 34.4 Å². The third-order valence-electron chi connectivity index (χ3n) is 5.98. The van der Waals surface area contributed by atoms with Crippen LogP contribution in [0.5, 0.6) is 0 Å². The summed E-state index contributed by atoms with van der Waals surface area (Å²) in [6.45, 7) is 2.19. The summed E-state index contributed by atoms with van der Waals surface area (Å²) in [6.07, 6.45) is 2.27. The van der Waals surface area contributed by atoms with E-state index < -0.39 is 5.91 Å². The van der Waals surface area contributed by atoms with Crippen molar-refractivity contribution in [2.75, 3.05) is 0 Å². The highest BCUT2D eigenvalue weighted by atomic mass is 35.5. The van der Waals surface area contributed by atoms with E-state index in [1.807, 2.05) is 0 Å². The smallest absolute Gasteiger partial charge is 0.272 e. The van der Waals surface area contributed by atoms with Gasteiger partial charge in [0.25, 0.3) is 17.7 Å². The highest BCUT2D eigenvalue weighted by Gasteiger charge is 2.52. The molecule has 5 nitrogen and oxygen atoms in total. The maximum Gasteiger partial charge on any atom is 0.273 e. The second-order valence-corrected chi connectivity index (χ2v) is 8.99. The lowest BCUT2D eigenvalue weighted by Crippen LogP contribution is -2.49. The molecule has 1 aliphatic heterocycles. The lowest BCUT2D eigenvalue weighted by molar-refractivity contribution is -0.155. The van der Waals surface area contributed by atoms with E-state index in [9.17, 15) is 14.4 Å². The average molecular weight is 445 g/mol. The van der Waals surface area contributed by atoms with Crippen molar-refractivity contribution >= 4 is 40.9 Å². The van der Waals surface area contributed by atoms with Crippen LogP contribution in [0, 0.1) is 17.8 Å². The van der Waals surface area contributed by atoms with Gasteiger partial charge < -0.3 is 0 Å². The summed E-state index contributed by atoms with van der Waals surface area (Å²) in [5, 5.41) is 3.42. The second-order valence-electron chi connectivity index (χ2n) is 8.12. The molecule has 2 fully saturated rings. The molecule has 2 aromatic carbocycles. The fourth-order valence-corrected chi connectivity index (χ4v) is 4.60. The Balaban J connectivity index is 1.70. The number of nitrogens with zero attached hydrogens (tertiary/aromatic N) is 2. The van der Waals surface area contributed by atoms with E-state index in [0.717, 1.165) is 17.0 Å². The molecule has 0 bridgehead atoms. The first-order valence-corrected chi connectivity index (χ1v) is 10.8. The molecule has 3 atom stereocenters. The van der Waals surface area contributed by atoms with Crippen LogP contribution >= 0.6 is 23.2 Å². The maximum atomic E-state index is 13.4. The van der Waals surface area contributed by atoms with Gasteiger partial charge in [-0.15, -0.1) is 0 Å². The molecule has 1 saturated heterocycles. The highest BCUT2D eigenvalue weighted by Crippen LogP contribution is 2.41. The van der Waals surface area contributed by atoms with E-state index in [2.05, 4.69) is 6.92 Å². The zero-order valence-electron chi connectivity index (χ0n) is 16.6. The van der Waals surface area contributed by atoms with E-state index in [1.165, 1.54) is 5.01 Å². The number of rotatable bonds is 4. The number of halogens is 2. The van der Waals surface area contributed by atoms with Gasteiger partial charge in [-0.25, -0.2) is 5.01 Å². The van der Waals surface area contributed by atoms with Gasteiger partial charge in [0.2, 0.25) is 0 Å². The number of benzene rings is 2. The minimum Gasteiger partial charge on any atom is -0.272 e. The SMILES string of the molecule is C[C@@H]1CC[C@@H]2C(=O)N(N(Cc3ccc(Cl)cc3)C(=O)c3ccc(Cl)cc3)C(=O)[C@@H]2C1. The summed E-state index contributed by atoms with van der Waals surface area (Å²) in [5.41, 5.74) is 1.13. The molecule has 0 N–H and O–H groups in total. The Morgan fingerprint density at radius 3 is 2.13 bits per heavy atom. The van der Waals surface area contributed by atoms with Gasteiger partial charge in [0, 0.05) is 15.6 Å². The average Bonchev–Trinajstić information content (AvgIpc) is 2.97. The molecule has 0 radical (unpaired) electrons. The van der Waals surface area contributed by atoms with E-state index >= 15 is 0 Å². The Hall–Kier alpha value is -2.37. The van der Waals surface area contributed by atoms with Gasteiger partial charge in [0.15, 0.2) is 0 Å². The van der Waals surface area contributed by atoms with Crippen LogP contribution < -0.4 is 0 Å². The number of hydrogen-bond donors (Lipinski definition) is 0. The van der Waals surface area contributed by atoms with Gasteiger partial charge in [-0.2, -0.15) is 5.01 Å². The summed E-state index contributed by atoms with van der Waals surface area (Å²) < 4.78 is 0. The molecule has 3 amide bonds. The Morgan fingerprint density at radius 1 is 0.933 bits per heavy atom. The Labute approximate surface area is 185 Å². The summed E-state index contributed by atoms with van der Waals surface area (Å²) >= 11 is 11.9. The largest absolute Gasteiger partial charge is 0.273 e. The van der Waals surface area contributed by atoms with Gasteiger partial charge in [-0.3, -0.25) is 14.4 Å². The molecule has 7 heteroatoms. The van der Waals surface area contributed by atoms with E-state index in [4.69, 9.17) is 23.2 Å². The molecule has 0 aromatic heterocycles. The molecular formula is C23H22Cl2N2O3. The first kappa shape index (κ1) is 20.9. The number of carbonyl (C=O) groups is 3. The fourth-order valence-electron chi connectivity index (χ4n) is 4.35. The van der Waals surface area contributed by atoms with Crippen molar-refractivity contribution in [2.45, 2.75) is 32.7 Å². The third-order valence-corrected chi connectivity index (χ3v) is 6.48. The zero-order chi connectivity index (χ0) is 21.4. The van der Waals surface area contributed by atoms with Gasteiger partial charge in [-0.05, 0) is 67.1 Å². The van der Waals surface area contributed by atoms with Crippen molar-refractivity contribution in [3.63, 3.8) is 0 Å². The molecule has 30 heavy (non-hydrogen) atoms. The molecule has 0 unspecified atom stereocenters. The van der Waals surface area contributed by atoms with Crippen LogP contribution in [-0.4, -0.2) is 27.7 Å². The van der Waals surface area contributed by atoms with Gasteiger partial charge in [0.1, 0.15) is 0 Å². The molecule has 0 spiro atoms. The molecule has 1 heterocycles. The Kier molecular flexibility index (Phi) is 5.85. The molecule has 156 valence electrons. The first-order valence-electron chi connectivity index (χ1n) is 10.0. The maximum absolute atomic E-state index is 13.4. The standard InChI is InChI=1S/C23H22Cl2N2O3/c1-14-2-11-19-20(12-14)23(30)27(22(19)29)26(13-15-3-7-17(24)8-4-15)21(28)16-5-9-18(25)10-6-16/h3-10,14,19-20H,2,11-13H2,1H3/t14-,19+,20-/m1/s1. The molecule has 2 aliphatic rings. The van der Waals surface area contributed by atoms with Crippen molar-refractivity contribution < 1.29 is 14.4 Å². The molecule has 1 aliphatic carbocycles. The van der Waals surface area contributed by atoms with Crippen molar-refractivity contribution in [3.05, 3.63) is 69.7 Å². The number of fused-ring (bicyclic) bond motifs is 1. The minimum absolute atomic E-state index is 0.0884. The van der Waals surface area contributed by atoms with E-state index in [1.54, 1.807) is 48.5 Å². The van der Waals surface area contributed by atoms with E-state index in [-0.39, 0.29) is 30.2 Å². The molecule has 2 aromatic rings. The monoisotopic (exact) mass is 444 g/mol. The van der Waals surface area contributed by atoms with Crippen LogP contribution in [0.15, 0.2) is 48.5 Å². The normalized spacial score (nSPS) is 23.4. The number of carbonyl (C=O) groups excluding carboxylic acids is 3. The van der Waals surface area contributed by atoms with Crippen LogP contribution in [0.25, 0.3) is 0 Å². The second kappa shape index (κ2) is 8.40. The predicted molar refractivity (Wildman–Crippen MR) is 115 cm³/mol. The van der Waals surface area contributed by atoms with Crippen molar-refractivity contribution in [2.24, 2.45) is 17.8 Å². The van der Waals surface area contributed by atoms with Crippen LogP contribution in [0.4, 0.5) is 0 Å². The van der Waals surface area contributed by atoms with Crippen molar-refractivity contribution in [1.82, 2.24) is 10.0 Å². The number of imide groups is 1. The molecule has 1 saturated carbocycles. The van der Waals surface area contributed by atoms with Gasteiger partial charge in [0.05, 0.1) is 18.4 Å². The molecular weight excluding hydrogens is 423 g/mol. The first-order chi connectivity index (χ1) is 14.3. The van der Waals surface area contributed by atoms with Crippen LogP contribution in [0.1, 0.15) is 42.1 Å². The third kappa shape index (κ3) is 3.96. The summed E-state index contributed by atoms with van der Waals surface area (Å²) in [5.74, 6) is -1.30. The van der Waals surface area contributed by atoms with Gasteiger partial charge >= 0.3 is 0 Å². The predicted octanol–water partition coefficient (Wildman–Crippen LogP) is 4.97. The minimum atomic E-state index is -0.421. The highest BCUT2D eigenvalue weighted by molar-refractivity contribution is 6.30.